The molecule has 0 aliphatic carbocycles. The molecule has 2 heterocycles. The minimum Gasteiger partial charge on any atom is -0.345 e. The number of thioether (sulfide) groups is 1. The van der Waals surface area contributed by atoms with Crippen molar-refractivity contribution in [2.24, 2.45) is 0 Å². The van der Waals surface area contributed by atoms with Crippen molar-refractivity contribution in [1.82, 2.24) is 9.88 Å². The van der Waals surface area contributed by atoms with Crippen LogP contribution in [0.25, 0.3) is 10.2 Å². The summed E-state index contributed by atoms with van der Waals surface area (Å²) in [5, 5.41) is 2.27. The number of amides is 1. The van der Waals surface area contributed by atoms with Gasteiger partial charge in [-0.1, -0.05) is 36.8 Å². The highest BCUT2D eigenvalue weighted by Gasteiger charge is 2.24. The minimum atomic E-state index is 0.108. The van der Waals surface area contributed by atoms with Gasteiger partial charge >= 0.3 is 0 Å². The third-order valence-electron chi connectivity index (χ3n) is 4.65. The molecule has 1 fully saturated rings. The standard InChI is InChI=1S/C21H22ClN3OS2/c1-14(2)27-17-6-3-15(4-7-17)20(26)24-9-11-25(12-10-24)21-23-18-8-5-16(22)13-19(18)28-21/h3-8,13-14H,9-12H2,1-2H3. The van der Waals surface area contributed by atoms with E-state index in [2.05, 4.69) is 18.7 Å². The van der Waals surface area contributed by atoms with E-state index in [1.54, 1.807) is 11.3 Å². The number of benzene rings is 2. The van der Waals surface area contributed by atoms with Gasteiger partial charge in [0.05, 0.1) is 10.2 Å². The quantitative estimate of drug-likeness (QED) is 0.517. The summed E-state index contributed by atoms with van der Waals surface area (Å²) in [5.74, 6) is 0.108. The van der Waals surface area contributed by atoms with Gasteiger partial charge in [-0.25, -0.2) is 4.98 Å². The molecule has 0 radical (unpaired) electrons. The van der Waals surface area contributed by atoms with Crippen molar-refractivity contribution in [3.63, 3.8) is 0 Å². The van der Waals surface area contributed by atoms with Crippen LogP contribution < -0.4 is 4.90 Å². The lowest BCUT2D eigenvalue weighted by atomic mass is 10.2. The molecule has 1 saturated heterocycles. The van der Waals surface area contributed by atoms with Gasteiger partial charge in [-0.3, -0.25) is 4.79 Å². The normalized spacial score (nSPS) is 14.9. The first-order valence-corrected chi connectivity index (χ1v) is 11.4. The molecule has 4 nitrogen and oxygen atoms in total. The molecule has 0 N–H and O–H groups in total. The fourth-order valence-corrected chi connectivity index (χ4v) is 5.38. The van der Waals surface area contributed by atoms with Gasteiger partial charge in [-0.2, -0.15) is 0 Å². The summed E-state index contributed by atoms with van der Waals surface area (Å²) in [6, 6.07) is 13.8. The zero-order valence-electron chi connectivity index (χ0n) is 15.9. The second-order valence-corrected chi connectivity index (χ2v) is 10.2. The molecule has 0 spiro atoms. The summed E-state index contributed by atoms with van der Waals surface area (Å²) in [6.45, 7) is 7.34. The van der Waals surface area contributed by atoms with E-state index in [1.807, 2.05) is 59.1 Å². The molecular weight excluding hydrogens is 410 g/mol. The number of nitrogens with zero attached hydrogens (tertiary/aromatic N) is 3. The van der Waals surface area contributed by atoms with Crippen molar-refractivity contribution >= 4 is 56.0 Å². The first-order valence-electron chi connectivity index (χ1n) is 9.36. The lowest BCUT2D eigenvalue weighted by Crippen LogP contribution is -2.48. The molecule has 0 saturated carbocycles. The van der Waals surface area contributed by atoms with E-state index >= 15 is 0 Å². The molecule has 0 atom stereocenters. The molecule has 0 bridgehead atoms. The number of carbonyl (C=O) groups excluding carboxylic acids is 1. The number of fused-ring (bicyclic) bond motifs is 1. The Labute approximate surface area is 178 Å². The van der Waals surface area contributed by atoms with E-state index in [9.17, 15) is 4.79 Å². The topological polar surface area (TPSA) is 36.4 Å². The highest BCUT2D eigenvalue weighted by Crippen LogP contribution is 2.31. The Balaban J connectivity index is 1.39. The number of aromatic nitrogens is 1. The zero-order valence-corrected chi connectivity index (χ0v) is 18.3. The predicted molar refractivity (Wildman–Crippen MR) is 120 cm³/mol. The van der Waals surface area contributed by atoms with E-state index in [1.165, 1.54) is 4.90 Å². The van der Waals surface area contributed by atoms with E-state index < -0.39 is 0 Å². The molecule has 1 aromatic heterocycles. The number of piperazine rings is 1. The summed E-state index contributed by atoms with van der Waals surface area (Å²) in [4.78, 5) is 22.9. The van der Waals surface area contributed by atoms with Crippen LogP contribution in [0.4, 0.5) is 5.13 Å². The summed E-state index contributed by atoms with van der Waals surface area (Å²) in [5.41, 5.74) is 1.73. The fourth-order valence-electron chi connectivity index (χ4n) is 3.25. The van der Waals surface area contributed by atoms with Crippen LogP contribution in [0.1, 0.15) is 24.2 Å². The Hall–Kier alpha value is -1.76. The Morgan fingerprint density at radius 2 is 1.82 bits per heavy atom. The van der Waals surface area contributed by atoms with Crippen molar-refractivity contribution < 1.29 is 4.79 Å². The van der Waals surface area contributed by atoms with Crippen molar-refractivity contribution in [3.8, 4) is 0 Å². The van der Waals surface area contributed by atoms with Gasteiger partial charge in [-0.15, -0.1) is 11.8 Å². The van der Waals surface area contributed by atoms with E-state index in [-0.39, 0.29) is 5.91 Å². The highest BCUT2D eigenvalue weighted by molar-refractivity contribution is 7.99. The molecule has 1 aliphatic heterocycles. The van der Waals surface area contributed by atoms with Gasteiger partial charge < -0.3 is 9.80 Å². The van der Waals surface area contributed by atoms with Crippen LogP contribution in [-0.2, 0) is 0 Å². The van der Waals surface area contributed by atoms with E-state index in [0.29, 0.717) is 18.3 Å². The van der Waals surface area contributed by atoms with Crippen molar-refractivity contribution in [2.45, 2.75) is 24.0 Å². The SMILES string of the molecule is CC(C)Sc1ccc(C(=O)N2CCN(c3nc4ccc(Cl)cc4s3)CC2)cc1. The second kappa shape index (κ2) is 8.31. The van der Waals surface area contributed by atoms with Crippen LogP contribution >= 0.6 is 34.7 Å². The molecule has 28 heavy (non-hydrogen) atoms. The first kappa shape index (κ1) is 19.6. The first-order chi connectivity index (χ1) is 13.5. The van der Waals surface area contributed by atoms with Gasteiger partial charge in [0.1, 0.15) is 0 Å². The summed E-state index contributed by atoms with van der Waals surface area (Å²) in [6.07, 6.45) is 0. The van der Waals surface area contributed by atoms with E-state index in [0.717, 1.165) is 39.0 Å². The van der Waals surface area contributed by atoms with Crippen LogP contribution in [0.5, 0.6) is 0 Å². The van der Waals surface area contributed by atoms with Crippen LogP contribution in [0.3, 0.4) is 0 Å². The average Bonchev–Trinajstić information content (AvgIpc) is 3.11. The predicted octanol–water partition coefficient (Wildman–Crippen LogP) is 5.41. The Morgan fingerprint density at radius 1 is 1.11 bits per heavy atom. The molecule has 1 amide bonds. The van der Waals surface area contributed by atoms with Gasteiger partial charge in [0.25, 0.3) is 5.91 Å². The van der Waals surface area contributed by atoms with Gasteiger partial charge in [-0.05, 0) is 42.5 Å². The maximum Gasteiger partial charge on any atom is 0.253 e. The van der Waals surface area contributed by atoms with Crippen molar-refractivity contribution in [1.29, 1.82) is 0 Å². The number of hydrogen-bond donors (Lipinski definition) is 0. The number of carbonyl (C=O) groups is 1. The zero-order chi connectivity index (χ0) is 19.7. The van der Waals surface area contributed by atoms with Crippen molar-refractivity contribution in [2.75, 3.05) is 31.1 Å². The molecule has 4 rings (SSSR count). The third-order valence-corrected chi connectivity index (χ3v) is 6.98. The van der Waals surface area contributed by atoms with Crippen molar-refractivity contribution in [3.05, 3.63) is 53.1 Å². The summed E-state index contributed by atoms with van der Waals surface area (Å²) >= 11 is 9.54. The number of anilines is 1. The Bertz CT molecular complexity index is 979. The number of halogens is 1. The Morgan fingerprint density at radius 3 is 2.50 bits per heavy atom. The number of thiazole rings is 1. The monoisotopic (exact) mass is 431 g/mol. The average molecular weight is 432 g/mol. The van der Waals surface area contributed by atoms with Crippen LogP contribution in [0.15, 0.2) is 47.4 Å². The molecular formula is C21H22ClN3OS2. The van der Waals surface area contributed by atoms with Gasteiger partial charge in [0, 0.05) is 46.9 Å². The van der Waals surface area contributed by atoms with Crippen LogP contribution in [0, 0.1) is 0 Å². The summed E-state index contributed by atoms with van der Waals surface area (Å²) < 4.78 is 1.10. The molecule has 0 unspecified atom stereocenters. The fraction of sp³-hybridized carbons (Fsp3) is 0.333. The lowest BCUT2D eigenvalue weighted by molar-refractivity contribution is 0.0746. The minimum absolute atomic E-state index is 0.108. The van der Waals surface area contributed by atoms with Crippen LogP contribution in [0.2, 0.25) is 5.02 Å². The maximum absolute atomic E-state index is 12.8. The van der Waals surface area contributed by atoms with Gasteiger partial charge in [0.15, 0.2) is 5.13 Å². The molecule has 146 valence electrons. The highest BCUT2D eigenvalue weighted by atomic mass is 35.5. The second-order valence-electron chi connectivity index (χ2n) is 7.08. The third kappa shape index (κ3) is 4.29. The molecule has 2 aromatic carbocycles. The smallest absolute Gasteiger partial charge is 0.253 e. The molecule has 7 heteroatoms. The maximum atomic E-state index is 12.8. The molecule has 3 aromatic rings. The number of rotatable bonds is 4. The number of hydrogen-bond acceptors (Lipinski definition) is 5. The largest absolute Gasteiger partial charge is 0.345 e. The lowest BCUT2D eigenvalue weighted by Gasteiger charge is -2.34. The van der Waals surface area contributed by atoms with Gasteiger partial charge in [0.2, 0.25) is 0 Å². The molecule has 1 aliphatic rings. The van der Waals surface area contributed by atoms with E-state index in [4.69, 9.17) is 16.6 Å². The summed E-state index contributed by atoms with van der Waals surface area (Å²) in [7, 11) is 0. The van der Waals surface area contributed by atoms with Crippen LogP contribution in [-0.4, -0.2) is 47.2 Å². The Kier molecular flexibility index (Phi) is 5.80.